The van der Waals surface area contributed by atoms with Gasteiger partial charge < -0.3 is 15.2 Å². The fraction of sp³-hybridized carbons (Fsp3) is 0.333. The molecule has 166 valence electrons. The highest BCUT2D eigenvalue weighted by Gasteiger charge is 2.44. The Morgan fingerprint density at radius 1 is 1.12 bits per heavy atom. The molecule has 3 heterocycles. The van der Waals surface area contributed by atoms with Crippen molar-refractivity contribution in [1.29, 1.82) is 0 Å². The molecule has 7 nitrogen and oxygen atoms in total. The number of hydrazone groups is 1. The highest BCUT2D eigenvalue weighted by molar-refractivity contribution is 8.14. The van der Waals surface area contributed by atoms with Crippen LogP contribution in [0.5, 0.6) is 0 Å². The van der Waals surface area contributed by atoms with Crippen molar-refractivity contribution in [2.75, 3.05) is 11.1 Å². The molecule has 0 radical (unpaired) electrons. The van der Waals surface area contributed by atoms with Gasteiger partial charge in [0, 0.05) is 18.1 Å². The lowest BCUT2D eigenvalue weighted by Gasteiger charge is -2.36. The number of amides is 1. The summed E-state index contributed by atoms with van der Waals surface area (Å²) in [6, 6.07) is 15.0. The van der Waals surface area contributed by atoms with E-state index < -0.39 is 0 Å². The van der Waals surface area contributed by atoms with Gasteiger partial charge in [-0.1, -0.05) is 47.7 Å². The van der Waals surface area contributed by atoms with Crippen molar-refractivity contribution in [3.8, 4) is 0 Å². The van der Waals surface area contributed by atoms with E-state index in [9.17, 15) is 4.79 Å². The number of anilines is 1. The van der Waals surface area contributed by atoms with Crippen molar-refractivity contribution in [2.24, 2.45) is 5.10 Å². The van der Waals surface area contributed by atoms with E-state index in [0.29, 0.717) is 5.75 Å². The number of fused-ring (bicyclic) bond motifs is 3. The Hall–Kier alpha value is -2.97. The van der Waals surface area contributed by atoms with Crippen LogP contribution < -0.4 is 16.2 Å². The van der Waals surface area contributed by atoms with E-state index in [4.69, 9.17) is 0 Å². The molecular weight excluding hydrogens is 420 g/mol. The van der Waals surface area contributed by atoms with Crippen LogP contribution in [0.1, 0.15) is 34.7 Å². The van der Waals surface area contributed by atoms with Gasteiger partial charge in [-0.25, -0.2) is 5.43 Å². The van der Waals surface area contributed by atoms with Crippen molar-refractivity contribution in [3.05, 3.63) is 77.1 Å². The maximum atomic E-state index is 12.4. The van der Waals surface area contributed by atoms with E-state index in [1.54, 1.807) is 0 Å². The standard InChI is InChI=1S/C24H28N6OS/c1-15-4-8-19(9-5-15)25-22(31)14-32-24-27-26-23-21-13-20(28-30(21)11-10-29(23)24)18-7-6-16(2)17(3)12-18/h4-12,20-21,23,26,28H,13-14H2,1-3H3,(H,25,31). The number of nitrogens with one attached hydrogen (secondary N) is 3. The topological polar surface area (TPSA) is 72.0 Å². The van der Waals surface area contributed by atoms with E-state index in [0.717, 1.165) is 17.3 Å². The number of benzene rings is 2. The summed E-state index contributed by atoms with van der Waals surface area (Å²) >= 11 is 1.45. The highest BCUT2D eigenvalue weighted by atomic mass is 32.2. The lowest BCUT2D eigenvalue weighted by molar-refractivity contribution is -0.113. The minimum absolute atomic E-state index is 0.0371. The second-order valence-corrected chi connectivity index (χ2v) is 9.55. The van der Waals surface area contributed by atoms with Crippen LogP contribution in [0.3, 0.4) is 0 Å². The molecule has 0 saturated carbocycles. The van der Waals surface area contributed by atoms with Crippen LogP contribution in [0.2, 0.25) is 0 Å². The molecule has 3 atom stereocenters. The summed E-state index contributed by atoms with van der Waals surface area (Å²) in [5.74, 6) is 0.272. The van der Waals surface area contributed by atoms with Gasteiger partial charge in [0.15, 0.2) is 5.17 Å². The summed E-state index contributed by atoms with van der Waals surface area (Å²) in [5.41, 5.74) is 12.8. The first-order valence-corrected chi connectivity index (χ1v) is 11.9. The number of rotatable bonds is 4. The molecule has 32 heavy (non-hydrogen) atoms. The minimum atomic E-state index is -0.0371. The molecule has 8 heteroatoms. The second-order valence-electron chi connectivity index (χ2n) is 8.61. The zero-order valence-electron chi connectivity index (χ0n) is 18.5. The Balaban J connectivity index is 1.19. The SMILES string of the molecule is Cc1ccc(NC(=O)CSC2=NNC3C4CC(c5ccc(C)c(C)c5)NN4C=CN23)cc1. The summed E-state index contributed by atoms with van der Waals surface area (Å²) in [5, 5.41) is 10.5. The number of nitrogens with zero attached hydrogens (tertiary/aromatic N) is 3. The van der Waals surface area contributed by atoms with Gasteiger partial charge in [0.05, 0.1) is 17.8 Å². The average molecular weight is 449 g/mol. The Bertz CT molecular complexity index is 1080. The quantitative estimate of drug-likeness (QED) is 0.664. The average Bonchev–Trinajstić information content (AvgIpc) is 3.39. The first-order valence-electron chi connectivity index (χ1n) is 10.9. The molecule has 0 aromatic heterocycles. The van der Waals surface area contributed by atoms with Crippen LogP contribution in [-0.2, 0) is 4.79 Å². The lowest BCUT2D eigenvalue weighted by atomic mass is 9.97. The second kappa shape index (κ2) is 8.52. The third kappa shape index (κ3) is 4.08. The minimum Gasteiger partial charge on any atom is -0.325 e. The Morgan fingerprint density at radius 3 is 2.72 bits per heavy atom. The van der Waals surface area contributed by atoms with Crippen LogP contribution in [-0.4, -0.2) is 38.9 Å². The third-order valence-electron chi connectivity index (χ3n) is 6.31. The molecule has 2 aromatic carbocycles. The molecule has 2 aromatic rings. The Kier molecular flexibility index (Phi) is 5.57. The van der Waals surface area contributed by atoms with Gasteiger partial charge in [0.1, 0.15) is 6.17 Å². The number of carbonyl (C=O) groups excluding carboxylic acids is 1. The van der Waals surface area contributed by atoms with Gasteiger partial charge in [-0.05, 0) is 56.0 Å². The van der Waals surface area contributed by atoms with Crippen LogP contribution in [0, 0.1) is 20.8 Å². The van der Waals surface area contributed by atoms with Crippen molar-refractivity contribution in [2.45, 2.75) is 45.4 Å². The van der Waals surface area contributed by atoms with E-state index in [1.165, 1.54) is 34.0 Å². The molecule has 1 amide bonds. The van der Waals surface area contributed by atoms with E-state index >= 15 is 0 Å². The number of carbonyl (C=O) groups is 1. The fourth-order valence-corrected chi connectivity index (χ4v) is 5.09. The normalized spacial score (nSPS) is 23.5. The van der Waals surface area contributed by atoms with E-state index in [2.05, 4.69) is 69.4 Å². The molecule has 3 N–H and O–H groups in total. The maximum absolute atomic E-state index is 12.4. The van der Waals surface area contributed by atoms with Gasteiger partial charge in [0.25, 0.3) is 0 Å². The lowest BCUT2D eigenvalue weighted by Crippen LogP contribution is -2.54. The van der Waals surface area contributed by atoms with Gasteiger partial charge in [-0.3, -0.25) is 10.2 Å². The predicted octanol–water partition coefficient (Wildman–Crippen LogP) is 3.59. The van der Waals surface area contributed by atoms with Gasteiger partial charge in [-0.2, -0.15) is 5.10 Å². The number of thioether (sulfide) groups is 1. The molecule has 3 unspecified atom stereocenters. The molecular formula is C24H28N6OS. The summed E-state index contributed by atoms with van der Waals surface area (Å²) < 4.78 is 0. The van der Waals surface area contributed by atoms with Crippen LogP contribution >= 0.6 is 11.8 Å². The Labute approximate surface area is 192 Å². The third-order valence-corrected chi connectivity index (χ3v) is 7.27. The summed E-state index contributed by atoms with van der Waals surface area (Å²) in [6.07, 6.45) is 5.12. The van der Waals surface area contributed by atoms with Crippen LogP contribution in [0.4, 0.5) is 5.69 Å². The van der Waals surface area contributed by atoms with Crippen molar-refractivity contribution in [3.63, 3.8) is 0 Å². The molecule has 3 aliphatic rings. The number of amidine groups is 1. The van der Waals surface area contributed by atoms with Crippen LogP contribution in [0.15, 0.2) is 60.0 Å². The molecule has 1 saturated heterocycles. The molecule has 1 fully saturated rings. The van der Waals surface area contributed by atoms with Gasteiger partial charge in [0.2, 0.25) is 5.91 Å². The van der Waals surface area contributed by atoms with E-state index in [1.807, 2.05) is 37.4 Å². The monoisotopic (exact) mass is 448 g/mol. The van der Waals surface area contributed by atoms with Crippen molar-refractivity contribution in [1.82, 2.24) is 20.8 Å². The molecule has 0 spiro atoms. The predicted molar refractivity (Wildman–Crippen MR) is 130 cm³/mol. The molecule has 0 aliphatic carbocycles. The fourth-order valence-electron chi connectivity index (χ4n) is 4.31. The zero-order valence-corrected chi connectivity index (χ0v) is 19.3. The Morgan fingerprint density at radius 2 is 1.94 bits per heavy atom. The number of hydrazine groups is 1. The van der Waals surface area contributed by atoms with Crippen molar-refractivity contribution < 1.29 is 4.79 Å². The van der Waals surface area contributed by atoms with Crippen molar-refractivity contribution >= 4 is 28.5 Å². The number of aryl methyl sites for hydroxylation is 3. The number of hydrogen-bond acceptors (Lipinski definition) is 7. The largest absolute Gasteiger partial charge is 0.325 e. The highest BCUT2D eigenvalue weighted by Crippen LogP contribution is 2.35. The molecule has 5 rings (SSSR count). The van der Waals surface area contributed by atoms with Gasteiger partial charge >= 0.3 is 0 Å². The number of hydrogen-bond donors (Lipinski definition) is 3. The first kappa shape index (κ1) is 20.9. The van der Waals surface area contributed by atoms with Gasteiger partial charge in [-0.15, -0.1) is 0 Å². The zero-order chi connectivity index (χ0) is 22.2. The van der Waals surface area contributed by atoms with E-state index in [-0.39, 0.29) is 24.2 Å². The molecule has 0 bridgehead atoms. The maximum Gasteiger partial charge on any atom is 0.234 e. The summed E-state index contributed by atoms with van der Waals surface area (Å²) in [7, 11) is 0. The summed E-state index contributed by atoms with van der Waals surface area (Å²) in [4.78, 5) is 14.5. The first-order chi connectivity index (χ1) is 15.5. The summed E-state index contributed by atoms with van der Waals surface area (Å²) in [6.45, 7) is 6.33. The smallest absolute Gasteiger partial charge is 0.234 e. The van der Waals surface area contributed by atoms with Crippen LogP contribution in [0.25, 0.3) is 0 Å². The molecule has 3 aliphatic heterocycles.